The summed E-state index contributed by atoms with van der Waals surface area (Å²) in [5.41, 5.74) is 1.30. The zero-order chi connectivity index (χ0) is 9.80. The Morgan fingerprint density at radius 2 is 2.36 bits per heavy atom. The van der Waals surface area contributed by atoms with E-state index in [4.69, 9.17) is 4.74 Å². The Kier molecular flexibility index (Phi) is 3.32. The van der Waals surface area contributed by atoms with Gasteiger partial charge in [-0.25, -0.2) is 0 Å². The van der Waals surface area contributed by atoms with Crippen molar-refractivity contribution in [1.29, 1.82) is 0 Å². The van der Waals surface area contributed by atoms with E-state index in [1.54, 1.807) is 0 Å². The summed E-state index contributed by atoms with van der Waals surface area (Å²) in [6.07, 6.45) is 2.13. The molecule has 3 heteroatoms. The van der Waals surface area contributed by atoms with Crippen LogP contribution in [-0.2, 0) is 0 Å². The molecular formula is C11H15NOS. The summed E-state index contributed by atoms with van der Waals surface area (Å²) in [5.74, 6) is 2.19. The number of benzene rings is 1. The van der Waals surface area contributed by atoms with Crippen LogP contribution in [0.2, 0.25) is 0 Å². The largest absolute Gasteiger partial charge is 0.491 e. The van der Waals surface area contributed by atoms with Crippen LogP contribution in [0.3, 0.4) is 0 Å². The van der Waals surface area contributed by atoms with Crippen LogP contribution in [0, 0.1) is 0 Å². The summed E-state index contributed by atoms with van der Waals surface area (Å²) in [6.45, 7) is 1.82. The molecular weight excluding hydrogens is 194 g/mol. The fraction of sp³-hybridized carbons (Fsp3) is 0.455. The molecule has 0 aromatic heterocycles. The highest BCUT2D eigenvalue weighted by Gasteiger charge is 2.22. The molecule has 0 saturated heterocycles. The lowest BCUT2D eigenvalue weighted by Crippen LogP contribution is -2.24. The van der Waals surface area contributed by atoms with Crippen molar-refractivity contribution < 1.29 is 4.74 Å². The molecule has 0 radical (unpaired) electrons. The second-order valence-corrected chi connectivity index (χ2v) is 4.33. The number of para-hydroxylation sites is 1. The molecule has 76 valence electrons. The third-order valence-corrected chi connectivity index (χ3v) is 3.01. The lowest BCUT2D eigenvalue weighted by Gasteiger charge is -2.10. The highest BCUT2D eigenvalue weighted by Crippen LogP contribution is 2.31. The van der Waals surface area contributed by atoms with Gasteiger partial charge < -0.3 is 10.1 Å². The molecule has 1 heterocycles. The molecule has 0 amide bonds. The number of thioether (sulfide) groups is 1. The third-order valence-electron chi connectivity index (χ3n) is 2.40. The first-order chi connectivity index (χ1) is 6.92. The summed E-state index contributed by atoms with van der Waals surface area (Å²) in [5, 5.41) is 3.49. The predicted molar refractivity (Wildman–Crippen MR) is 61.1 cm³/mol. The van der Waals surface area contributed by atoms with Gasteiger partial charge in [0.2, 0.25) is 0 Å². The number of hydrogen-bond donors (Lipinski definition) is 1. The van der Waals surface area contributed by atoms with E-state index >= 15 is 0 Å². The Hall–Kier alpha value is -0.670. The molecule has 1 aromatic carbocycles. The van der Waals surface area contributed by atoms with Gasteiger partial charge in [-0.05, 0) is 12.3 Å². The molecule has 0 saturated carbocycles. The Bertz CT molecular complexity index is 303. The van der Waals surface area contributed by atoms with Crippen LogP contribution in [0.15, 0.2) is 24.3 Å². The SMILES string of the molecule is CSCCNC1COc2ccccc21. The molecule has 0 fully saturated rings. The van der Waals surface area contributed by atoms with Gasteiger partial charge in [0, 0.05) is 17.9 Å². The van der Waals surface area contributed by atoms with E-state index in [0.717, 1.165) is 24.7 Å². The highest BCUT2D eigenvalue weighted by molar-refractivity contribution is 7.98. The van der Waals surface area contributed by atoms with Crippen molar-refractivity contribution in [3.8, 4) is 5.75 Å². The van der Waals surface area contributed by atoms with Crippen molar-refractivity contribution >= 4 is 11.8 Å². The van der Waals surface area contributed by atoms with E-state index in [-0.39, 0.29) is 0 Å². The molecule has 1 aliphatic heterocycles. The van der Waals surface area contributed by atoms with Gasteiger partial charge in [0.1, 0.15) is 12.4 Å². The maximum atomic E-state index is 5.57. The smallest absolute Gasteiger partial charge is 0.124 e. The Balaban J connectivity index is 1.96. The highest BCUT2D eigenvalue weighted by atomic mass is 32.2. The first-order valence-electron chi connectivity index (χ1n) is 4.86. The van der Waals surface area contributed by atoms with Crippen LogP contribution < -0.4 is 10.1 Å². The first kappa shape index (κ1) is 9.87. The van der Waals surface area contributed by atoms with Crippen LogP contribution in [0.1, 0.15) is 11.6 Å². The fourth-order valence-corrected chi connectivity index (χ4v) is 1.99. The van der Waals surface area contributed by atoms with E-state index in [0.29, 0.717) is 6.04 Å². The Labute approximate surface area is 89.0 Å². The lowest BCUT2D eigenvalue weighted by atomic mass is 10.1. The molecule has 1 N–H and O–H groups in total. The summed E-state index contributed by atoms with van der Waals surface area (Å²) < 4.78 is 5.57. The monoisotopic (exact) mass is 209 g/mol. The number of ether oxygens (including phenoxy) is 1. The van der Waals surface area contributed by atoms with E-state index < -0.39 is 0 Å². The van der Waals surface area contributed by atoms with Crippen LogP contribution in [0.4, 0.5) is 0 Å². The molecule has 0 bridgehead atoms. The summed E-state index contributed by atoms with van der Waals surface area (Å²) in [7, 11) is 0. The second kappa shape index (κ2) is 4.71. The fourth-order valence-electron chi connectivity index (χ4n) is 1.67. The third kappa shape index (κ3) is 2.04. The van der Waals surface area contributed by atoms with Gasteiger partial charge in [-0.2, -0.15) is 11.8 Å². The van der Waals surface area contributed by atoms with Crippen molar-refractivity contribution in [2.45, 2.75) is 6.04 Å². The van der Waals surface area contributed by atoms with E-state index in [1.807, 2.05) is 23.9 Å². The van der Waals surface area contributed by atoms with Crippen molar-refractivity contribution in [3.05, 3.63) is 29.8 Å². The average Bonchev–Trinajstić information content (AvgIpc) is 2.63. The van der Waals surface area contributed by atoms with E-state index in [9.17, 15) is 0 Å². The first-order valence-corrected chi connectivity index (χ1v) is 6.25. The second-order valence-electron chi connectivity index (χ2n) is 3.35. The van der Waals surface area contributed by atoms with Gasteiger partial charge in [0.25, 0.3) is 0 Å². The van der Waals surface area contributed by atoms with E-state index in [2.05, 4.69) is 23.7 Å². The quantitative estimate of drug-likeness (QED) is 0.767. The van der Waals surface area contributed by atoms with Gasteiger partial charge in [0.05, 0.1) is 6.04 Å². The summed E-state index contributed by atoms with van der Waals surface area (Å²) in [4.78, 5) is 0. The van der Waals surface area contributed by atoms with Crippen molar-refractivity contribution in [2.75, 3.05) is 25.2 Å². The summed E-state index contributed by atoms with van der Waals surface area (Å²) in [6, 6.07) is 8.64. The molecule has 1 aromatic rings. The number of hydrogen-bond acceptors (Lipinski definition) is 3. The number of nitrogens with one attached hydrogen (secondary N) is 1. The van der Waals surface area contributed by atoms with Crippen molar-refractivity contribution in [1.82, 2.24) is 5.32 Å². The average molecular weight is 209 g/mol. The Morgan fingerprint density at radius 3 is 3.21 bits per heavy atom. The van der Waals surface area contributed by atoms with Gasteiger partial charge >= 0.3 is 0 Å². The minimum atomic E-state index is 0.387. The maximum absolute atomic E-state index is 5.57. The normalized spacial score (nSPS) is 19.1. The van der Waals surface area contributed by atoms with Gasteiger partial charge in [0.15, 0.2) is 0 Å². The number of rotatable bonds is 4. The standard InChI is InChI=1S/C11H15NOS/c1-14-7-6-12-10-8-13-11-5-3-2-4-9(10)11/h2-5,10,12H,6-8H2,1H3. The van der Waals surface area contributed by atoms with E-state index in [1.165, 1.54) is 5.56 Å². The van der Waals surface area contributed by atoms with Crippen LogP contribution in [0.25, 0.3) is 0 Å². The van der Waals surface area contributed by atoms with Crippen LogP contribution in [-0.4, -0.2) is 25.2 Å². The summed E-state index contributed by atoms with van der Waals surface area (Å²) >= 11 is 1.86. The molecule has 1 atom stereocenters. The van der Waals surface area contributed by atoms with Gasteiger partial charge in [-0.15, -0.1) is 0 Å². The molecule has 14 heavy (non-hydrogen) atoms. The minimum Gasteiger partial charge on any atom is -0.491 e. The molecule has 1 unspecified atom stereocenters. The molecule has 2 rings (SSSR count). The lowest BCUT2D eigenvalue weighted by molar-refractivity contribution is 0.313. The topological polar surface area (TPSA) is 21.3 Å². The number of fused-ring (bicyclic) bond motifs is 1. The van der Waals surface area contributed by atoms with Gasteiger partial charge in [-0.3, -0.25) is 0 Å². The van der Waals surface area contributed by atoms with Gasteiger partial charge in [-0.1, -0.05) is 18.2 Å². The van der Waals surface area contributed by atoms with Crippen molar-refractivity contribution in [3.63, 3.8) is 0 Å². The predicted octanol–water partition coefficient (Wildman–Crippen LogP) is 2.07. The molecule has 0 aliphatic carbocycles. The zero-order valence-corrected chi connectivity index (χ0v) is 9.14. The maximum Gasteiger partial charge on any atom is 0.124 e. The van der Waals surface area contributed by atoms with Crippen LogP contribution >= 0.6 is 11.8 Å². The molecule has 0 spiro atoms. The van der Waals surface area contributed by atoms with Crippen molar-refractivity contribution in [2.24, 2.45) is 0 Å². The van der Waals surface area contributed by atoms with Crippen LogP contribution in [0.5, 0.6) is 5.75 Å². The molecule has 2 nitrogen and oxygen atoms in total. The molecule has 1 aliphatic rings. The Morgan fingerprint density at radius 1 is 1.50 bits per heavy atom. The zero-order valence-electron chi connectivity index (χ0n) is 8.32. The minimum absolute atomic E-state index is 0.387.